The lowest BCUT2D eigenvalue weighted by atomic mass is 9.89. The molecule has 1 aliphatic carbocycles. The van der Waals surface area contributed by atoms with Gasteiger partial charge >= 0.3 is 0 Å². The number of imide groups is 1. The molecule has 1 aliphatic heterocycles. The van der Waals surface area contributed by atoms with Crippen molar-refractivity contribution < 1.29 is 19.8 Å². The van der Waals surface area contributed by atoms with Gasteiger partial charge in [-0.2, -0.15) is 0 Å². The molecule has 1 heterocycles. The maximum atomic E-state index is 12.3. The topological polar surface area (TPSA) is 77.8 Å². The number of rotatable bonds is 1. The second-order valence-corrected chi connectivity index (χ2v) is 5.13. The van der Waals surface area contributed by atoms with Crippen LogP contribution < -0.4 is 0 Å². The van der Waals surface area contributed by atoms with Gasteiger partial charge in [-0.15, -0.1) is 0 Å². The van der Waals surface area contributed by atoms with Gasteiger partial charge in [0, 0.05) is 0 Å². The smallest absolute Gasteiger partial charge is 0.261 e. The van der Waals surface area contributed by atoms with Crippen molar-refractivity contribution in [2.75, 3.05) is 0 Å². The van der Waals surface area contributed by atoms with Crippen LogP contribution in [0.4, 0.5) is 0 Å². The van der Waals surface area contributed by atoms with Crippen molar-refractivity contribution >= 4 is 11.8 Å². The number of carbonyl (C=O) groups excluding carboxylic acids is 2. The van der Waals surface area contributed by atoms with E-state index in [1.54, 1.807) is 24.3 Å². The summed E-state index contributed by atoms with van der Waals surface area (Å²) in [6.45, 7) is 0. The van der Waals surface area contributed by atoms with Crippen LogP contribution in [0.3, 0.4) is 0 Å². The van der Waals surface area contributed by atoms with Crippen molar-refractivity contribution in [2.24, 2.45) is 0 Å². The highest BCUT2D eigenvalue weighted by atomic mass is 16.3. The maximum Gasteiger partial charge on any atom is 0.261 e. The quantitative estimate of drug-likeness (QED) is 0.724. The minimum atomic E-state index is -0.759. The first-order chi connectivity index (χ1) is 9.09. The average Bonchev–Trinajstić information content (AvgIpc) is 2.66. The number of aliphatic hydroxyl groups excluding tert-OH is 2. The lowest BCUT2D eigenvalue weighted by Gasteiger charge is -2.35. The van der Waals surface area contributed by atoms with Crippen molar-refractivity contribution in [3.05, 3.63) is 35.4 Å². The maximum absolute atomic E-state index is 12.3. The van der Waals surface area contributed by atoms with E-state index in [-0.39, 0.29) is 18.2 Å². The van der Waals surface area contributed by atoms with Crippen LogP contribution in [-0.2, 0) is 0 Å². The number of aliphatic hydroxyl groups is 2. The van der Waals surface area contributed by atoms with Gasteiger partial charge in [-0.1, -0.05) is 12.1 Å². The number of fused-ring (bicyclic) bond motifs is 1. The van der Waals surface area contributed by atoms with Gasteiger partial charge in [0.05, 0.1) is 29.4 Å². The summed E-state index contributed by atoms with van der Waals surface area (Å²) in [5.41, 5.74) is 0.750. The Hall–Kier alpha value is -1.72. The highest BCUT2D eigenvalue weighted by Crippen LogP contribution is 2.31. The van der Waals surface area contributed by atoms with Crippen LogP contribution in [0.2, 0.25) is 0 Å². The van der Waals surface area contributed by atoms with Crippen LogP contribution in [0.25, 0.3) is 0 Å². The molecule has 0 unspecified atom stereocenters. The second-order valence-electron chi connectivity index (χ2n) is 5.13. The molecule has 1 aromatic carbocycles. The highest BCUT2D eigenvalue weighted by molar-refractivity contribution is 6.21. The average molecular weight is 261 g/mol. The summed E-state index contributed by atoms with van der Waals surface area (Å²) in [4.78, 5) is 25.7. The number of amides is 2. The van der Waals surface area contributed by atoms with Crippen LogP contribution in [0.15, 0.2) is 24.3 Å². The van der Waals surface area contributed by atoms with Gasteiger partial charge in [-0.3, -0.25) is 14.5 Å². The molecular weight excluding hydrogens is 246 g/mol. The summed E-state index contributed by atoms with van der Waals surface area (Å²) in [6, 6.07) is 6.01. The minimum Gasteiger partial charge on any atom is -0.393 e. The molecule has 3 rings (SSSR count). The summed E-state index contributed by atoms with van der Waals surface area (Å²) in [5.74, 6) is -0.752. The predicted molar refractivity (Wildman–Crippen MR) is 66.6 cm³/mol. The summed E-state index contributed by atoms with van der Waals surface area (Å²) in [7, 11) is 0. The number of nitrogens with zero attached hydrogens (tertiary/aromatic N) is 1. The zero-order valence-corrected chi connectivity index (χ0v) is 10.3. The zero-order chi connectivity index (χ0) is 13.6. The Morgan fingerprint density at radius 2 is 1.58 bits per heavy atom. The zero-order valence-electron chi connectivity index (χ0n) is 10.3. The largest absolute Gasteiger partial charge is 0.393 e. The molecular formula is C14H15NO4. The Morgan fingerprint density at radius 1 is 1.00 bits per heavy atom. The fourth-order valence-corrected chi connectivity index (χ4v) is 2.90. The van der Waals surface area contributed by atoms with Crippen LogP contribution in [0.5, 0.6) is 0 Å². The van der Waals surface area contributed by atoms with E-state index in [1.807, 2.05) is 0 Å². The van der Waals surface area contributed by atoms with Crippen molar-refractivity contribution in [2.45, 2.75) is 37.5 Å². The Labute approximate surface area is 110 Å². The molecule has 2 N–H and O–H groups in total. The van der Waals surface area contributed by atoms with E-state index in [1.165, 1.54) is 0 Å². The van der Waals surface area contributed by atoms with E-state index in [2.05, 4.69) is 0 Å². The van der Waals surface area contributed by atoms with Gasteiger partial charge in [0.25, 0.3) is 11.8 Å². The molecule has 3 atom stereocenters. The summed E-state index contributed by atoms with van der Waals surface area (Å²) >= 11 is 0. The van der Waals surface area contributed by atoms with Crippen molar-refractivity contribution in [3.8, 4) is 0 Å². The van der Waals surface area contributed by atoms with E-state index in [0.29, 0.717) is 24.0 Å². The van der Waals surface area contributed by atoms with Gasteiger partial charge in [0.2, 0.25) is 0 Å². The van der Waals surface area contributed by atoms with Crippen LogP contribution >= 0.6 is 0 Å². The van der Waals surface area contributed by atoms with Crippen molar-refractivity contribution in [1.82, 2.24) is 4.90 Å². The number of hydrogen-bond donors (Lipinski definition) is 2. The summed E-state index contributed by atoms with van der Waals surface area (Å²) in [5, 5.41) is 19.7. The van der Waals surface area contributed by atoms with Crippen LogP contribution in [0.1, 0.15) is 40.0 Å². The predicted octanol–water partition coefficient (Wildman–Crippen LogP) is 0.557. The van der Waals surface area contributed by atoms with E-state index in [0.717, 1.165) is 4.90 Å². The normalized spacial score (nSPS) is 30.6. The molecule has 1 fully saturated rings. The highest BCUT2D eigenvalue weighted by Gasteiger charge is 2.44. The summed E-state index contributed by atoms with van der Waals surface area (Å²) in [6.07, 6.45) is -0.185. The van der Waals surface area contributed by atoms with Gasteiger partial charge in [0.15, 0.2) is 0 Å². The summed E-state index contributed by atoms with van der Waals surface area (Å²) < 4.78 is 0. The van der Waals surface area contributed by atoms with E-state index in [9.17, 15) is 19.8 Å². The minimum absolute atomic E-state index is 0.243. The van der Waals surface area contributed by atoms with Gasteiger partial charge in [-0.25, -0.2) is 0 Å². The lowest BCUT2D eigenvalue weighted by Crippen LogP contribution is -2.51. The van der Waals surface area contributed by atoms with E-state index >= 15 is 0 Å². The van der Waals surface area contributed by atoms with Crippen LogP contribution in [0, 0.1) is 0 Å². The first-order valence-electron chi connectivity index (χ1n) is 6.42. The molecule has 5 nitrogen and oxygen atoms in total. The molecule has 0 saturated heterocycles. The number of benzene rings is 1. The van der Waals surface area contributed by atoms with E-state index in [4.69, 9.17) is 0 Å². The Bertz CT molecular complexity index is 507. The third-order valence-electron chi connectivity index (χ3n) is 3.91. The van der Waals surface area contributed by atoms with Crippen molar-refractivity contribution in [3.63, 3.8) is 0 Å². The molecule has 0 aromatic heterocycles. The molecule has 0 spiro atoms. The fraction of sp³-hybridized carbons (Fsp3) is 0.429. The Kier molecular flexibility index (Phi) is 2.88. The third kappa shape index (κ3) is 1.86. The molecule has 5 heteroatoms. The van der Waals surface area contributed by atoms with Crippen molar-refractivity contribution in [1.29, 1.82) is 0 Å². The first kappa shape index (κ1) is 12.3. The monoisotopic (exact) mass is 261 g/mol. The second kappa shape index (κ2) is 4.43. The molecule has 1 aromatic rings. The number of carbonyl (C=O) groups is 2. The van der Waals surface area contributed by atoms with Gasteiger partial charge in [-0.05, 0) is 31.4 Å². The SMILES string of the molecule is O=C1c2ccccc2C(=O)N1[C@@H]1C[C@H](O)CC[C@H]1O. The third-order valence-corrected chi connectivity index (χ3v) is 3.91. The fourth-order valence-electron chi connectivity index (χ4n) is 2.90. The molecule has 1 saturated carbocycles. The standard InChI is InChI=1S/C14H15NO4/c16-8-5-6-12(17)11(7-8)15-13(18)9-3-1-2-4-10(9)14(15)19/h1-4,8,11-12,16-17H,5-7H2/t8-,11-,12-/m1/s1. The first-order valence-corrected chi connectivity index (χ1v) is 6.42. The molecule has 2 aliphatic rings. The Morgan fingerprint density at radius 3 is 2.16 bits per heavy atom. The van der Waals surface area contributed by atoms with Gasteiger partial charge < -0.3 is 10.2 Å². The molecule has 100 valence electrons. The molecule has 0 radical (unpaired) electrons. The Balaban J connectivity index is 1.95. The number of hydrogen-bond acceptors (Lipinski definition) is 4. The lowest BCUT2D eigenvalue weighted by molar-refractivity contribution is -0.0118. The van der Waals surface area contributed by atoms with Gasteiger partial charge in [0.1, 0.15) is 0 Å². The molecule has 0 bridgehead atoms. The van der Waals surface area contributed by atoms with E-state index < -0.39 is 18.2 Å². The van der Waals surface area contributed by atoms with Crippen LogP contribution in [-0.4, -0.2) is 45.2 Å². The molecule has 19 heavy (non-hydrogen) atoms. The molecule has 2 amide bonds.